The Bertz CT molecular complexity index is 261. The summed E-state index contributed by atoms with van der Waals surface area (Å²) in [4.78, 5) is 0. The molecule has 0 aromatic carbocycles. The molecule has 12 heavy (non-hydrogen) atoms. The van der Waals surface area contributed by atoms with Crippen LogP contribution in [0.15, 0.2) is 12.3 Å². The predicted octanol–water partition coefficient (Wildman–Crippen LogP) is 2.37. The molecule has 66 valence electrons. The maximum absolute atomic E-state index is 4.11. The van der Waals surface area contributed by atoms with Gasteiger partial charge in [0.05, 0.1) is 5.69 Å². The molecule has 0 spiro atoms. The summed E-state index contributed by atoms with van der Waals surface area (Å²) in [5.41, 5.74) is 2.64. The van der Waals surface area contributed by atoms with Crippen LogP contribution in [0.5, 0.6) is 0 Å². The molecule has 2 nitrogen and oxygen atoms in total. The highest BCUT2D eigenvalue weighted by Gasteiger charge is 2.13. The maximum atomic E-state index is 4.11. The van der Waals surface area contributed by atoms with Crippen molar-refractivity contribution in [2.24, 2.45) is 5.41 Å². The summed E-state index contributed by atoms with van der Waals surface area (Å²) < 4.78 is 0. The van der Waals surface area contributed by atoms with Crippen LogP contribution in [0.2, 0.25) is 0 Å². The van der Waals surface area contributed by atoms with Gasteiger partial charge in [-0.15, -0.1) is 0 Å². The summed E-state index contributed by atoms with van der Waals surface area (Å²) in [7, 11) is 0. The van der Waals surface area contributed by atoms with Gasteiger partial charge < -0.3 is 0 Å². The minimum absolute atomic E-state index is 0.292. The molecule has 0 radical (unpaired) electrons. The van der Waals surface area contributed by atoms with Crippen molar-refractivity contribution in [3.63, 3.8) is 0 Å². The first kappa shape index (κ1) is 9.17. The number of hydrogen-bond donors (Lipinski definition) is 0. The lowest BCUT2D eigenvalue weighted by Gasteiger charge is -2.17. The molecule has 0 aliphatic carbocycles. The van der Waals surface area contributed by atoms with Gasteiger partial charge in [0.15, 0.2) is 0 Å². The molecule has 1 aromatic rings. The second kappa shape index (κ2) is 3.21. The van der Waals surface area contributed by atoms with E-state index in [-0.39, 0.29) is 0 Å². The van der Waals surface area contributed by atoms with Crippen molar-refractivity contribution in [3.8, 4) is 0 Å². The molecule has 0 aliphatic heterocycles. The van der Waals surface area contributed by atoms with E-state index in [1.165, 1.54) is 5.56 Å². The van der Waals surface area contributed by atoms with Gasteiger partial charge in [-0.25, -0.2) is 0 Å². The third kappa shape index (κ3) is 2.61. The van der Waals surface area contributed by atoms with Crippen LogP contribution in [-0.4, -0.2) is 10.2 Å². The van der Waals surface area contributed by atoms with Crippen LogP contribution in [-0.2, 0) is 6.42 Å². The lowest BCUT2D eigenvalue weighted by Crippen LogP contribution is -2.12. The average molecular weight is 164 g/mol. The summed E-state index contributed by atoms with van der Waals surface area (Å²) >= 11 is 0. The van der Waals surface area contributed by atoms with Crippen LogP contribution in [0.1, 0.15) is 32.0 Å². The summed E-state index contributed by atoms with van der Waals surface area (Å²) in [6.07, 6.45) is 2.73. The van der Waals surface area contributed by atoms with Gasteiger partial charge in [-0.2, -0.15) is 10.2 Å². The van der Waals surface area contributed by atoms with Crippen molar-refractivity contribution < 1.29 is 0 Å². The van der Waals surface area contributed by atoms with E-state index in [1.807, 2.05) is 6.07 Å². The lowest BCUT2D eigenvalue weighted by molar-refractivity contribution is 0.403. The van der Waals surface area contributed by atoms with E-state index in [0.717, 1.165) is 12.1 Å². The van der Waals surface area contributed by atoms with Crippen molar-refractivity contribution in [1.29, 1.82) is 0 Å². The van der Waals surface area contributed by atoms with Crippen LogP contribution in [0.3, 0.4) is 0 Å². The minimum atomic E-state index is 0.292. The largest absolute Gasteiger partial charge is 0.159 e. The highest BCUT2D eigenvalue weighted by atomic mass is 15.1. The zero-order valence-electron chi connectivity index (χ0n) is 8.26. The fourth-order valence-corrected chi connectivity index (χ4v) is 1.10. The summed E-state index contributed by atoms with van der Waals surface area (Å²) in [5.74, 6) is 0. The number of hydrogen-bond acceptors (Lipinski definition) is 2. The maximum Gasteiger partial charge on any atom is 0.0665 e. The second-order valence-corrected chi connectivity index (χ2v) is 4.40. The Balaban J connectivity index is 2.83. The molecule has 0 bridgehead atoms. The van der Waals surface area contributed by atoms with Crippen molar-refractivity contribution in [2.75, 3.05) is 0 Å². The molecule has 0 N–H and O–H groups in total. The highest BCUT2D eigenvalue weighted by molar-refractivity contribution is 5.15. The molecular weight excluding hydrogens is 148 g/mol. The van der Waals surface area contributed by atoms with Crippen LogP contribution in [0.4, 0.5) is 0 Å². The van der Waals surface area contributed by atoms with Crippen molar-refractivity contribution in [1.82, 2.24) is 10.2 Å². The van der Waals surface area contributed by atoms with Crippen LogP contribution < -0.4 is 0 Å². The van der Waals surface area contributed by atoms with E-state index in [9.17, 15) is 0 Å². The van der Waals surface area contributed by atoms with E-state index < -0.39 is 0 Å². The molecule has 0 fully saturated rings. The first-order valence-corrected chi connectivity index (χ1v) is 4.26. The molecule has 0 aliphatic rings. The first-order chi connectivity index (χ1) is 5.49. The Labute approximate surface area is 74.0 Å². The van der Waals surface area contributed by atoms with Crippen LogP contribution in [0, 0.1) is 12.3 Å². The predicted molar refractivity (Wildman–Crippen MR) is 49.9 cm³/mol. The Morgan fingerprint density at radius 1 is 1.33 bits per heavy atom. The minimum Gasteiger partial charge on any atom is -0.159 e. The van der Waals surface area contributed by atoms with Gasteiger partial charge in [0.1, 0.15) is 0 Å². The van der Waals surface area contributed by atoms with E-state index >= 15 is 0 Å². The molecule has 0 saturated heterocycles. The first-order valence-electron chi connectivity index (χ1n) is 4.26. The standard InChI is InChI=1S/C10H16N2/c1-8-5-6-11-12-9(8)7-10(2,3)4/h5-6H,7H2,1-4H3. The molecule has 1 rings (SSSR count). The van der Waals surface area contributed by atoms with Crippen molar-refractivity contribution >= 4 is 0 Å². The van der Waals surface area contributed by atoms with E-state index in [1.54, 1.807) is 6.20 Å². The zero-order chi connectivity index (χ0) is 9.19. The van der Waals surface area contributed by atoms with Crippen molar-refractivity contribution in [2.45, 2.75) is 34.1 Å². The number of aryl methyl sites for hydroxylation is 1. The topological polar surface area (TPSA) is 25.8 Å². The third-order valence-electron chi connectivity index (χ3n) is 1.72. The van der Waals surface area contributed by atoms with Crippen LogP contribution in [0.25, 0.3) is 0 Å². The molecule has 2 heteroatoms. The smallest absolute Gasteiger partial charge is 0.0665 e. The van der Waals surface area contributed by atoms with Crippen LogP contribution >= 0.6 is 0 Å². The number of rotatable bonds is 1. The van der Waals surface area contributed by atoms with Gasteiger partial charge in [-0.3, -0.25) is 0 Å². The zero-order valence-corrected chi connectivity index (χ0v) is 8.26. The monoisotopic (exact) mass is 164 g/mol. The van der Waals surface area contributed by atoms with Gasteiger partial charge in [0.2, 0.25) is 0 Å². The second-order valence-electron chi connectivity index (χ2n) is 4.40. The van der Waals surface area contributed by atoms with E-state index in [4.69, 9.17) is 0 Å². The molecule has 0 saturated carbocycles. The molecule has 1 aromatic heterocycles. The Kier molecular flexibility index (Phi) is 2.46. The average Bonchev–Trinajstić information content (AvgIpc) is 1.91. The quantitative estimate of drug-likeness (QED) is 0.637. The number of aromatic nitrogens is 2. The molecular formula is C10H16N2. The molecule has 0 amide bonds. The van der Waals surface area contributed by atoms with Gasteiger partial charge in [0.25, 0.3) is 0 Å². The lowest BCUT2D eigenvalue weighted by atomic mass is 9.89. The Morgan fingerprint density at radius 2 is 2.00 bits per heavy atom. The Morgan fingerprint density at radius 3 is 2.50 bits per heavy atom. The van der Waals surface area contributed by atoms with E-state index in [2.05, 4.69) is 37.9 Å². The fraction of sp³-hybridized carbons (Fsp3) is 0.600. The fourth-order valence-electron chi connectivity index (χ4n) is 1.10. The molecule has 1 heterocycles. The highest BCUT2D eigenvalue weighted by Crippen LogP contribution is 2.20. The van der Waals surface area contributed by atoms with Gasteiger partial charge in [-0.05, 0) is 30.4 Å². The molecule has 0 atom stereocenters. The van der Waals surface area contributed by atoms with Gasteiger partial charge in [-0.1, -0.05) is 20.8 Å². The number of nitrogens with zero attached hydrogens (tertiary/aromatic N) is 2. The molecule has 0 unspecified atom stereocenters. The van der Waals surface area contributed by atoms with Crippen molar-refractivity contribution in [3.05, 3.63) is 23.5 Å². The van der Waals surface area contributed by atoms with Gasteiger partial charge in [0, 0.05) is 6.20 Å². The normalized spacial score (nSPS) is 11.7. The summed E-state index contributed by atoms with van der Waals surface area (Å²) in [6, 6.07) is 2.01. The van der Waals surface area contributed by atoms with Gasteiger partial charge >= 0.3 is 0 Å². The SMILES string of the molecule is Cc1ccnnc1CC(C)(C)C. The summed E-state index contributed by atoms with van der Waals surface area (Å²) in [5, 5.41) is 7.99. The Hall–Kier alpha value is -0.920. The van der Waals surface area contributed by atoms with E-state index in [0.29, 0.717) is 5.41 Å². The third-order valence-corrected chi connectivity index (χ3v) is 1.72. The summed E-state index contributed by atoms with van der Waals surface area (Å²) in [6.45, 7) is 8.71.